The molecule has 5 unspecified atom stereocenters. The van der Waals surface area contributed by atoms with Gasteiger partial charge in [0.15, 0.2) is 0 Å². The average molecular weight is 302 g/mol. The van der Waals surface area contributed by atoms with Crippen LogP contribution in [-0.2, 0) is 6.42 Å². The third-order valence-corrected chi connectivity index (χ3v) is 8.25. The Morgan fingerprint density at radius 1 is 1.19 bits per heavy atom. The topological polar surface area (TPSA) is 20.2 Å². The fraction of sp³-hybridized carbons (Fsp3) is 0.684. The minimum Gasteiger partial charge on any atom is -0.508 e. The summed E-state index contributed by atoms with van der Waals surface area (Å²) in [6.45, 7) is 2.58. The van der Waals surface area contributed by atoms with Gasteiger partial charge in [-0.1, -0.05) is 13.0 Å². The molecule has 0 aromatic heterocycles. The van der Waals surface area contributed by atoms with Gasteiger partial charge in [0.2, 0.25) is 0 Å². The lowest BCUT2D eigenvalue weighted by molar-refractivity contribution is 0.0631. The lowest BCUT2D eigenvalue weighted by Crippen LogP contribution is -2.43. The van der Waals surface area contributed by atoms with Crippen molar-refractivity contribution in [1.82, 2.24) is 0 Å². The van der Waals surface area contributed by atoms with Gasteiger partial charge in [-0.25, -0.2) is 0 Å². The van der Waals surface area contributed by atoms with Gasteiger partial charge in [-0.3, -0.25) is 0 Å². The number of phenols is 1. The van der Waals surface area contributed by atoms with Crippen molar-refractivity contribution in [1.29, 1.82) is 0 Å². The van der Waals surface area contributed by atoms with E-state index in [-0.39, 0.29) is 0 Å². The lowest BCUT2D eigenvalue weighted by atomic mass is 9.56. The first-order chi connectivity index (χ1) is 10.1. The highest BCUT2D eigenvalue weighted by Crippen LogP contribution is 2.62. The van der Waals surface area contributed by atoms with Crippen LogP contribution in [0.25, 0.3) is 0 Å². The first-order valence-electron chi connectivity index (χ1n) is 8.48. The van der Waals surface area contributed by atoms with Crippen molar-refractivity contribution in [2.24, 2.45) is 17.3 Å². The zero-order chi connectivity index (χ0) is 14.6. The van der Waals surface area contributed by atoms with Crippen LogP contribution >= 0.6 is 11.8 Å². The predicted octanol–water partition coefficient (Wildman–Crippen LogP) is 4.98. The molecule has 0 spiro atoms. The summed E-state index contributed by atoms with van der Waals surface area (Å²) in [7, 11) is 0. The summed E-state index contributed by atoms with van der Waals surface area (Å²) in [6.07, 6.45) is 10.4. The van der Waals surface area contributed by atoms with E-state index in [2.05, 4.69) is 31.0 Å². The summed E-state index contributed by atoms with van der Waals surface area (Å²) >= 11 is 2.11. The molecule has 5 atom stereocenters. The maximum Gasteiger partial charge on any atom is 0.115 e. The first kappa shape index (κ1) is 14.0. The van der Waals surface area contributed by atoms with Crippen LogP contribution in [0.2, 0.25) is 0 Å². The number of aromatic hydroxyl groups is 1. The highest BCUT2D eigenvalue weighted by molar-refractivity contribution is 7.99. The van der Waals surface area contributed by atoms with Crippen molar-refractivity contribution >= 4 is 11.8 Å². The van der Waals surface area contributed by atoms with E-state index >= 15 is 0 Å². The van der Waals surface area contributed by atoms with Crippen LogP contribution in [-0.4, -0.2) is 16.6 Å². The summed E-state index contributed by atoms with van der Waals surface area (Å²) < 4.78 is 0. The zero-order valence-corrected chi connectivity index (χ0v) is 14.0. The summed E-state index contributed by atoms with van der Waals surface area (Å²) in [5, 5.41) is 10.6. The van der Waals surface area contributed by atoms with E-state index in [1.807, 2.05) is 12.1 Å². The Labute approximate surface area is 132 Å². The Balaban J connectivity index is 1.68. The Kier molecular flexibility index (Phi) is 3.29. The second kappa shape index (κ2) is 4.94. The molecule has 4 rings (SSSR count). The molecule has 0 saturated heterocycles. The Bertz CT molecular complexity index is 554. The molecule has 2 fully saturated rings. The average Bonchev–Trinajstić information content (AvgIpc) is 2.83. The SMILES string of the molecule is CSC1CCC2C3CCc4cc(O)ccc4C3CCC12C. The number of hydrogen-bond acceptors (Lipinski definition) is 2. The van der Waals surface area contributed by atoms with Crippen LogP contribution in [0.4, 0.5) is 0 Å². The second-order valence-corrected chi connectivity index (χ2v) is 8.69. The van der Waals surface area contributed by atoms with Gasteiger partial charge < -0.3 is 5.11 Å². The Morgan fingerprint density at radius 2 is 2.05 bits per heavy atom. The van der Waals surface area contributed by atoms with E-state index in [1.54, 1.807) is 5.56 Å². The number of benzene rings is 1. The van der Waals surface area contributed by atoms with Crippen LogP contribution in [0.15, 0.2) is 18.2 Å². The van der Waals surface area contributed by atoms with Gasteiger partial charge >= 0.3 is 0 Å². The molecular formula is C19H26OS. The van der Waals surface area contributed by atoms with Crippen LogP contribution in [0.3, 0.4) is 0 Å². The van der Waals surface area contributed by atoms with Crippen molar-refractivity contribution in [2.75, 3.05) is 6.26 Å². The third-order valence-electron chi connectivity index (χ3n) is 6.91. The van der Waals surface area contributed by atoms with E-state index < -0.39 is 0 Å². The fourth-order valence-corrected chi connectivity index (χ4v) is 7.11. The fourth-order valence-electron chi connectivity index (χ4n) is 5.91. The van der Waals surface area contributed by atoms with Crippen molar-refractivity contribution in [3.8, 4) is 5.75 Å². The van der Waals surface area contributed by atoms with Gasteiger partial charge in [0, 0.05) is 5.25 Å². The Hall–Kier alpha value is -0.630. The molecule has 3 aliphatic carbocycles. The molecule has 2 heteroatoms. The molecular weight excluding hydrogens is 276 g/mol. The molecule has 1 aromatic carbocycles. The van der Waals surface area contributed by atoms with Gasteiger partial charge in [0.05, 0.1) is 0 Å². The van der Waals surface area contributed by atoms with Crippen LogP contribution in [0.5, 0.6) is 5.75 Å². The van der Waals surface area contributed by atoms with E-state index in [1.165, 1.54) is 44.1 Å². The van der Waals surface area contributed by atoms with Crippen molar-refractivity contribution in [2.45, 2.75) is 56.6 Å². The number of phenolic OH excluding ortho intramolecular Hbond substituents is 1. The molecule has 0 amide bonds. The van der Waals surface area contributed by atoms with Crippen molar-refractivity contribution in [3.05, 3.63) is 29.3 Å². The summed E-state index contributed by atoms with van der Waals surface area (Å²) in [5.41, 5.74) is 3.55. The van der Waals surface area contributed by atoms with Crippen LogP contribution in [0, 0.1) is 17.3 Å². The number of hydrogen-bond donors (Lipinski definition) is 1. The standard InChI is InChI=1S/C19H26OS/c1-19-10-9-15-14-6-4-13(20)11-12(14)3-5-16(15)17(19)7-8-18(19)21-2/h4,6,11,15-18,20H,3,5,7-10H2,1-2H3. The second-order valence-electron chi connectivity index (χ2n) is 7.64. The van der Waals surface area contributed by atoms with Crippen LogP contribution < -0.4 is 0 Å². The molecule has 1 aromatic rings. The monoisotopic (exact) mass is 302 g/mol. The summed E-state index contributed by atoms with van der Waals surface area (Å²) in [6, 6.07) is 6.12. The van der Waals surface area contributed by atoms with E-state index in [0.717, 1.165) is 23.0 Å². The van der Waals surface area contributed by atoms with E-state index in [9.17, 15) is 5.11 Å². The van der Waals surface area contributed by atoms with E-state index in [4.69, 9.17) is 0 Å². The highest BCUT2D eigenvalue weighted by Gasteiger charge is 2.54. The predicted molar refractivity (Wildman–Crippen MR) is 90.0 cm³/mol. The largest absolute Gasteiger partial charge is 0.508 e. The zero-order valence-electron chi connectivity index (χ0n) is 13.1. The van der Waals surface area contributed by atoms with Gasteiger partial charge in [-0.2, -0.15) is 11.8 Å². The minimum absolute atomic E-state index is 0.441. The lowest BCUT2D eigenvalue weighted by Gasteiger charge is -2.50. The van der Waals surface area contributed by atoms with Gasteiger partial charge in [-0.05, 0) is 91.2 Å². The minimum atomic E-state index is 0.441. The first-order valence-corrected chi connectivity index (χ1v) is 9.77. The Morgan fingerprint density at radius 3 is 2.86 bits per heavy atom. The maximum atomic E-state index is 9.74. The van der Waals surface area contributed by atoms with Gasteiger partial charge in [-0.15, -0.1) is 0 Å². The smallest absolute Gasteiger partial charge is 0.115 e. The maximum absolute atomic E-state index is 9.74. The highest BCUT2D eigenvalue weighted by atomic mass is 32.2. The molecule has 0 bridgehead atoms. The number of thioether (sulfide) groups is 1. The number of fused-ring (bicyclic) bond motifs is 5. The molecule has 2 saturated carbocycles. The molecule has 0 aliphatic heterocycles. The molecule has 3 aliphatic rings. The van der Waals surface area contributed by atoms with Crippen LogP contribution in [0.1, 0.15) is 56.1 Å². The molecule has 1 N–H and O–H groups in total. The van der Waals surface area contributed by atoms with Gasteiger partial charge in [0.1, 0.15) is 5.75 Å². The third kappa shape index (κ3) is 1.98. The number of aryl methyl sites for hydroxylation is 1. The van der Waals surface area contributed by atoms with Crippen molar-refractivity contribution < 1.29 is 5.11 Å². The number of rotatable bonds is 1. The summed E-state index contributed by atoms with van der Waals surface area (Å²) in [5.74, 6) is 3.01. The molecule has 1 nitrogen and oxygen atoms in total. The van der Waals surface area contributed by atoms with E-state index in [0.29, 0.717) is 11.2 Å². The van der Waals surface area contributed by atoms with Crippen molar-refractivity contribution in [3.63, 3.8) is 0 Å². The molecule has 114 valence electrons. The molecule has 0 heterocycles. The molecule has 0 radical (unpaired) electrons. The normalized spacial score (nSPS) is 41.2. The molecule has 21 heavy (non-hydrogen) atoms. The summed E-state index contributed by atoms with van der Waals surface area (Å²) in [4.78, 5) is 0. The quantitative estimate of drug-likeness (QED) is 0.789. The van der Waals surface area contributed by atoms with Gasteiger partial charge in [0.25, 0.3) is 0 Å².